The molecule has 1 aliphatic heterocycles. The van der Waals surface area contributed by atoms with Gasteiger partial charge >= 0.3 is 0 Å². The van der Waals surface area contributed by atoms with Gasteiger partial charge in [0.15, 0.2) is 0 Å². The maximum Gasteiger partial charge on any atom is 0.241 e. The molecule has 2 aromatic rings. The first-order valence-electron chi connectivity index (χ1n) is 9.38. The first-order valence-corrected chi connectivity index (χ1v) is 9.38. The lowest BCUT2D eigenvalue weighted by Gasteiger charge is -2.37. The Morgan fingerprint density at radius 2 is 1.85 bits per heavy atom. The summed E-state index contributed by atoms with van der Waals surface area (Å²) >= 11 is 0. The smallest absolute Gasteiger partial charge is 0.241 e. The van der Waals surface area contributed by atoms with E-state index in [9.17, 15) is 4.79 Å². The molecule has 0 radical (unpaired) electrons. The van der Waals surface area contributed by atoms with Crippen LogP contribution in [0, 0.1) is 18.3 Å². The zero-order chi connectivity index (χ0) is 19.2. The molecule has 140 valence electrons. The normalized spacial score (nSPS) is 16.5. The molecule has 0 saturated carbocycles. The van der Waals surface area contributed by atoms with Crippen molar-refractivity contribution < 1.29 is 4.79 Å². The van der Waals surface area contributed by atoms with E-state index in [4.69, 9.17) is 5.26 Å². The number of benzene rings is 2. The van der Waals surface area contributed by atoms with E-state index in [-0.39, 0.29) is 11.9 Å². The van der Waals surface area contributed by atoms with E-state index in [0.29, 0.717) is 5.56 Å². The summed E-state index contributed by atoms with van der Waals surface area (Å²) < 4.78 is 0. The van der Waals surface area contributed by atoms with Crippen LogP contribution in [0.1, 0.15) is 23.6 Å². The Morgan fingerprint density at radius 1 is 1.15 bits per heavy atom. The molecule has 2 aromatic carbocycles. The van der Waals surface area contributed by atoms with Crippen LogP contribution in [0.25, 0.3) is 0 Å². The van der Waals surface area contributed by atoms with Gasteiger partial charge < -0.3 is 5.32 Å². The van der Waals surface area contributed by atoms with Crippen molar-refractivity contribution in [3.8, 4) is 6.07 Å². The van der Waals surface area contributed by atoms with Crippen LogP contribution in [0.4, 0.5) is 5.69 Å². The molecule has 1 saturated heterocycles. The number of aryl methyl sites for hydroxylation is 1. The van der Waals surface area contributed by atoms with E-state index in [1.807, 2.05) is 6.92 Å². The molecule has 0 aromatic heterocycles. The molecule has 0 bridgehead atoms. The minimum Gasteiger partial charge on any atom is -0.325 e. The van der Waals surface area contributed by atoms with Crippen LogP contribution >= 0.6 is 0 Å². The highest BCUT2D eigenvalue weighted by molar-refractivity contribution is 5.94. The van der Waals surface area contributed by atoms with Gasteiger partial charge in [-0.05, 0) is 43.7 Å². The number of carbonyl (C=O) groups is 1. The second kappa shape index (κ2) is 8.81. The Balaban J connectivity index is 1.49. The lowest BCUT2D eigenvalue weighted by Crippen LogP contribution is -2.52. The Labute approximate surface area is 161 Å². The van der Waals surface area contributed by atoms with Gasteiger partial charge in [0.25, 0.3) is 0 Å². The van der Waals surface area contributed by atoms with Gasteiger partial charge in [-0.25, -0.2) is 0 Å². The fourth-order valence-corrected chi connectivity index (χ4v) is 3.42. The average Bonchev–Trinajstić information content (AvgIpc) is 2.68. The summed E-state index contributed by atoms with van der Waals surface area (Å²) in [6, 6.07) is 17.5. The third kappa shape index (κ3) is 5.16. The van der Waals surface area contributed by atoms with Crippen molar-refractivity contribution in [1.29, 1.82) is 5.26 Å². The summed E-state index contributed by atoms with van der Waals surface area (Å²) in [7, 11) is 0. The third-order valence-corrected chi connectivity index (χ3v) is 5.10. The van der Waals surface area contributed by atoms with E-state index in [1.165, 1.54) is 11.1 Å². The third-order valence-electron chi connectivity index (χ3n) is 5.10. The number of hydrogen-bond donors (Lipinski definition) is 1. The average molecular weight is 362 g/mol. The summed E-state index contributed by atoms with van der Waals surface area (Å²) in [4.78, 5) is 17.2. The molecular formula is C22H26N4O. The maximum atomic E-state index is 12.5. The molecule has 1 atom stereocenters. The van der Waals surface area contributed by atoms with E-state index in [1.54, 1.807) is 24.3 Å². The van der Waals surface area contributed by atoms with Gasteiger partial charge in [-0.3, -0.25) is 14.6 Å². The summed E-state index contributed by atoms with van der Waals surface area (Å²) in [5.74, 6) is -0.00755. The predicted molar refractivity (Wildman–Crippen MR) is 107 cm³/mol. The molecule has 27 heavy (non-hydrogen) atoms. The number of carbonyl (C=O) groups excluding carboxylic acids is 1. The Bertz CT molecular complexity index is 817. The van der Waals surface area contributed by atoms with E-state index in [2.05, 4.69) is 52.4 Å². The fraction of sp³-hybridized carbons (Fsp3) is 0.364. The van der Waals surface area contributed by atoms with Crippen LogP contribution in [-0.4, -0.2) is 47.9 Å². The van der Waals surface area contributed by atoms with Crippen molar-refractivity contribution in [3.05, 3.63) is 65.2 Å². The van der Waals surface area contributed by atoms with Gasteiger partial charge in [0.05, 0.1) is 17.7 Å². The van der Waals surface area contributed by atoms with Crippen molar-refractivity contribution in [3.63, 3.8) is 0 Å². The van der Waals surface area contributed by atoms with Crippen LogP contribution in [0.2, 0.25) is 0 Å². The fourth-order valence-electron chi connectivity index (χ4n) is 3.42. The van der Waals surface area contributed by atoms with Gasteiger partial charge in [0, 0.05) is 38.4 Å². The SMILES string of the molecule is Cc1cccc(CN2CCN([C@H](C)C(=O)Nc3ccc(C#N)cc3)CC2)c1. The number of amides is 1. The molecule has 1 fully saturated rings. The van der Waals surface area contributed by atoms with Crippen LogP contribution in [0.5, 0.6) is 0 Å². The van der Waals surface area contributed by atoms with Crippen LogP contribution in [0.3, 0.4) is 0 Å². The van der Waals surface area contributed by atoms with E-state index in [0.717, 1.165) is 38.4 Å². The summed E-state index contributed by atoms with van der Waals surface area (Å²) in [6.07, 6.45) is 0. The Morgan fingerprint density at radius 3 is 2.48 bits per heavy atom. The minimum atomic E-state index is -0.179. The monoisotopic (exact) mass is 362 g/mol. The lowest BCUT2D eigenvalue weighted by atomic mass is 10.1. The topological polar surface area (TPSA) is 59.4 Å². The summed E-state index contributed by atoms with van der Waals surface area (Å²) in [5.41, 5.74) is 3.95. The molecule has 0 spiro atoms. The number of anilines is 1. The van der Waals surface area contributed by atoms with Crippen molar-refractivity contribution in [2.75, 3.05) is 31.5 Å². The number of rotatable bonds is 5. The molecule has 1 N–H and O–H groups in total. The highest BCUT2D eigenvalue weighted by atomic mass is 16.2. The molecule has 5 heteroatoms. The first-order chi connectivity index (χ1) is 13.0. The molecule has 1 aliphatic rings. The molecule has 3 rings (SSSR count). The lowest BCUT2D eigenvalue weighted by molar-refractivity contribution is -0.121. The number of nitrogens with zero attached hydrogens (tertiary/aromatic N) is 3. The molecule has 5 nitrogen and oxygen atoms in total. The van der Waals surface area contributed by atoms with Crippen LogP contribution in [0.15, 0.2) is 48.5 Å². The van der Waals surface area contributed by atoms with Crippen molar-refractivity contribution in [2.45, 2.75) is 26.4 Å². The van der Waals surface area contributed by atoms with Crippen molar-refractivity contribution in [1.82, 2.24) is 9.80 Å². The second-order valence-corrected chi connectivity index (χ2v) is 7.16. The van der Waals surface area contributed by atoms with E-state index >= 15 is 0 Å². The molecule has 1 amide bonds. The quantitative estimate of drug-likeness (QED) is 0.888. The largest absolute Gasteiger partial charge is 0.325 e. The number of nitrogens with one attached hydrogen (secondary N) is 1. The summed E-state index contributed by atoms with van der Waals surface area (Å²) in [6.45, 7) is 8.72. The van der Waals surface area contributed by atoms with E-state index < -0.39 is 0 Å². The first kappa shape index (κ1) is 19.1. The number of piperazine rings is 1. The zero-order valence-corrected chi connectivity index (χ0v) is 16.0. The minimum absolute atomic E-state index is 0.00755. The van der Waals surface area contributed by atoms with Gasteiger partial charge in [0.1, 0.15) is 0 Å². The highest BCUT2D eigenvalue weighted by Gasteiger charge is 2.25. The van der Waals surface area contributed by atoms with Crippen molar-refractivity contribution in [2.24, 2.45) is 0 Å². The zero-order valence-electron chi connectivity index (χ0n) is 16.0. The molecular weight excluding hydrogens is 336 g/mol. The van der Waals surface area contributed by atoms with Crippen LogP contribution < -0.4 is 5.32 Å². The second-order valence-electron chi connectivity index (χ2n) is 7.16. The van der Waals surface area contributed by atoms with Crippen molar-refractivity contribution >= 4 is 11.6 Å². The van der Waals surface area contributed by atoms with Gasteiger partial charge in [-0.15, -0.1) is 0 Å². The summed E-state index contributed by atoms with van der Waals surface area (Å²) in [5, 5.41) is 11.8. The number of hydrogen-bond acceptors (Lipinski definition) is 4. The number of nitriles is 1. The molecule has 1 heterocycles. The Hall–Kier alpha value is -2.68. The Kier molecular flexibility index (Phi) is 6.23. The predicted octanol–water partition coefficient (Wildman–Crippen LogP) is 3.01. The van der Waals surface area contributed by atoms with Gasteiger partial charge in [0.2, 0.25) is 5.91 Å². The van der Waals surface area contributed by atoms with Gasteiger partial charge in [-0.1, -0.05) is 29.8 Å². The van der Waals surface area contributed by atoms with Gasteiger partial charge in [-0.2, -0.15) is 5.26 Å². The maximum absolute atomic E-state index is 12.5. The molecule has 0 unspecified atom stereocenters. The van der Waals surface area contributed by atoms with Crippen LogP contribution in [-0.2, 0) is 11.3 Å². The highest BCUT2D eigenvalue weighted by Crippen LogP contribution is 2.14. The standard InChI is InChI=1S/C22H26N4O/c1-17-4-3-5-20(14-17)16-25-10-12-26(13-11-25)18(2)22(27)24-21-8-6-19(15-23)7-9-21/h3-9,14,18H,10-13,16H2,1-2H3,(H,24,27)/t18-/m1/s1. The molecule has 0 aliphatic carbocycles.